The quantitative estimate of drug-likeness (QED) is 0.472. The summed E-state index contributed by atoms with van der Waals surface area (Å²) in [7, 11) is 5.35. The van der Waals surface area contributed by atoms with Gasteiger partial charge in [-0.15, -0.1) is 0 Å². The van der Waals surface area contributed by atoms with Gasteiger partial charge < -0.3 is 39.5 Å². The second-order valence-electron chi connectivity index (χ2n) is 12.5. The largest absolute Gasteiger partial charge is 0.392 e. The van der Waals surface area contributed by atoms with Crippen LogP contribution < -0.4 is 0 Å². The summed E-state index contributed by atoms with van der Waals surface area (Å²) >= 11 is 0. The fourth-order valence-electron chi connectivity index (χ4n) is 6.64. The van der Waals surface area contributed by atoms with Crippen LogP contribution >= 0.6 is 0 Å². The molecule has 12 atom stereocenters. The van der Waals surface area contributed by atoms with Crippen LogP contribution in [0.1, 0.15) is 53.9 Å². The highest BCUT2D eigenvalue weighted by molar-refractivity contribution is 5.89. The molecular formula is C27H48FN3O7. The van der Waals surface area contributed by atoms with Crippen LogP contribution in [0, 0.1) is 17.8 Å². The van der Waals surface area contributed by atoms with E-state index in [9.17, 15) is 29.3 Å². The van der Waals surface area contributed by atoms with Gasteiger partial charge in [0.1, 0.15) is 18.3 Å². The van der Waals surface area contributed by atoms with Crippen LogP contribution in [-0.4, -0.2) is 131 Å². The number of alkyl halides is 1. The van der Waals surface area contributed by atoms with Crippen molar-refractivity contribution in [2.75, 3.05) is 34.2 Å². The van der Waals surface area contributed by atoms with Crippen LogP contribution in [0.25, 0.3) is 0 Å². The maximum Gasteiger partial charge on any atom is 0.245 e. The highest BCUT2D eigenvalue weighted by atomic mass is 19.1. The molecule has 10 nitrogen and oxygen atoms in total. The average Bonchev–Trinajstić information content (AvgIpc) is 3.21. The number of ether oxygens (including phenoxy) is 2. The van der Waals surface area contributed by atoms with Gasteiger partial charge in [-0.3, -0.25) is 9.59 Å². The summed E-state index contributed by atoms with van der Waals surface area (Å²) in [6.45, 7) is 8.71. The number of amides is 2. The van der Waals surface area contributed by atoms with Crippen LogP contribution in [0.2, 0.25) is 0 Å². The molecule has 3 saturated heterocycles. The highest BCUT2D eigenvalue weighted by Gasteiger charge is 2.50. The van der Waals surface area contributed by atoms with Crippen molar-refractivity contribution in [2.24, 2.45) is 17.8 Å². The van der Waals surface area contributed by atoms with Crippen LogP contribution in [-0.2, 0) is 19.1 Å². The lowest BCUT2D eigenvalue weighted by Crippen LogP contribution is -2.59. The molecule has 0 unspecified atom stereocenters. The van der Waals surface area contributed by atoms with E-state index in [4.69, 9.17) is 9.47 Å². The first-order valence-electron chi connectivity index (χ1n) is 13.8. The molecule has 0 radical (unpaired) electrons. The van der Waals surface area contributed by atoms with Crippen LogP contribution in [0.15, 0.2) is 0 Å². The molecule has 0 spiro atoms. The van der Waals surface area contributed by atoms with Gasteiger partial charge >= 0.3 is 0 Å². The number of halogens is 1. The smallest absolute Gasteiger partial charge is 0.245 e. The maximum absolute atomic E-state index is 14.4. The molecule has 0 aromatic carbocycles. The van der Waals surface area contributed by atoms with Gasteiger partial charge in [0.15, 0.2) is 6.29 Å². The number of carbonyl (C=O) groups is 2. The Morgan fingerprint density at radius 1 is 1.05 bits per heavy atom. The molecule has 3 heterocycles. The molecule has 2 amide bonds. The number of aliphatic hydroxyl groups excluding tert-OH is 2. The predicted molar refractivity (Wildman–Crippen MR) is 139 cm³/mol. The maximum atomic E-state index is 14.4. The van der Waals surface area contributed by atoms with Crippen molar-refractivity contribution in [3.8, 4) is 0 Å². The summed E-state index contributed by atoms with van der Waals surface area (Å²) in [5.41, 5.74) is -1.50. The number of rotatable bonds is 3. The summed E-state index contributed by atoms with van der Waals surface area (Å²) in [4.78, 5) is 31.3. The Labute approximate surface area is 226 Å². The highest BCUT2D eigenvalue weighted by Crippen LogP contribution is 2.36. The lowest BCUT2D eigenvalue weighted by molar-refractivity contribution is -0.299. The molecule has 220 valence electrons. The van der Waals surface area contributed by atoms with Gasteiger partial charge in [0.05, 0.1) is 36.4 Å². The van der Waals surface area contributed by atoms with Crippen LogP contribution in [0.5, 0.6) is 0 Å². The van der Waals surface area contributed by atoms with E-state index in [0.29, 0.717) is 6.42 Å². The minimum absolute atomic E-state index is 0.0761. The van der Waals surface area contributed by atoms with Crippen LogP contribution in [0.4, 0.5) is 4.39 Å². The monoisotopic (exact) mass is 545 g/mol. The normalized spacial score (nSPS) is 46.0. The lowest BCUT2D eigenvalue weighted by Gasteiger charge is -2.46. The minimum Gasteiger partial charge on any atom is -0.392 e. The van der Waals surface area contributed by atoms with E-state index in [0.717, 1.165) is 0 Å². The number of likely N-dealkylation sites (N-methyl/N-ethyl adjacent to an activating group) is 2. The second kappa shape index (κ2) is 12.0. The molecule has 3 N–H and O–H groups in total. The first kappa shape index (κ1) is 31.2. The Bertz CT molecular complexity index is 845. The summed E-state index contributed by atoms with van der Waals surface area (Å²) in [6.07, 6.45) is -5.15. The fraction of sp³-hybridized carbons (Fsp3) is 0.926. The van der Waals surface area contributed by atoms with Gasteiger partial charge in [0.2, 0.25) is 11.8 Å². The van der Waals surface area contributed by atoms with Gasteiger partial charge in [0, 0.05) is 32.0 Å². The molecule has 0 aromatic heterocycles. The molecule has 3 rings (SSSR count). The average molecular weight is 546 g/mol. The van der Waals surface area contributed by atoms with Crippen LogP contribution in [0.3, 0.4) is 0 Å². The predicted octanol–water partition coefficient (Wildman–Crippen LogP) is 0.619. The molecule has 0 aromatic rings. The zero-order valence-corrected chi connectivity index (χ0v) is 24.1. The molecule has 38 heavy (non-hydrogen) atoms. The molecule has 0 bridgehead atoms. The van der Waals surface area contributed by atoms with E-state index in [1.807, 2.05) is 32.8 Å². The van der Waals surface area contributed by atoms with Crippen molar-refractivity contribution in [2.45, 2.75) is 108 Å². The van der Waals surface area contributed by atoms with E-state index in [1.54, 1.807) is 27.8 Å². The Morgan fingerprint density at radius 3 is 2.29 bits per heavy atom. The van der Waals surface area contributed by atoms with Gasteiger partial charge in [-0.25, -0.2) is 4.39 Å². The zero-order valence-electron chi connectivity index (χ0n) is 24.1. The lowest BCUT2D eigenvalue weighted by atomic mass is 9.78. The van der Waals surface area contributed by atoms with Gasteiger partial charge in [-0.05, 0) is 46.7 Å². The topological polar surface area (TPSA) is 123 Å². The minimum atomic E-state index is -1.50. The van der Waals surface area contributed by atoms with Gasteiger partial charge in [-0.2, -0.15) is 0 Å². The molecule has 3 aliphatic heterocycles. The fourth-order valence-corrected chi connectivity index (χ4v) is 6.64. The third-order valence-corrected chi connectivity index (χ3v) is 8.63. The Kier molecular flexibility index (Phi) is 9.85. The second-order valence-corrected chi connectivity index (χ2v) is 12.5. The Hall–Kier alpha value is -1.37. The SMILES string of the molecule is C[C@H]1CN(C)C(=O)[C@@H]2C[C@@H](F)CN2C(=O)[C@H](C)[C@@H](O)[C@H](C)[C@@H](O[C@@H]2O[C@H](C)C[C@H](N(C)C)[C@H]2O)[C@](C)(O)C1. The van der Waals surface area contributed by atoms with E-state index in [-0.39, 0.29) is 49.9 Å². The standard InChI is InChI=1S/C27H48FN3O7/c1-14-11-27(5,36)23(38-26-22(33)19(29(6)7)9-15(2)37-26)16(3)21(32)17(4)24(34)31-13-18(28)10-20(31)25(35)30(8)12-14/h14-23,26,32-33,36H,9-13H2,1-8H3/t14-,15-,16+,17-,18-,19+,20+,21+,22-,23-,26+,27-/m1/s1. The molecule has 3 aliphatic rings. The number of nitrogens with zero attached hydrogens (tertiary/aromatic N) is 3. The first-order chi connectivity index (χ1) is 17.5. The summed E-state index contributed by atoms with van der Waals surface area (Å²) in [5.74, 6) is -2.81. The van der Waals surface area contributed by atoms with Crippen molar-refractivity contribution in [3.05, 3.63) is 0 Å². The molecule has 0 saturated carbocycles. The van der Waals surface area contributed by atoms with Gasteiger partial charge in [0.25, 0.3) is 0 Å². The molecule has 3 fully saturated rings. The number of fused-ring (bicyclic) bond motifs is 1. The van der Waals surface area contributed by atoms with Gasteiger partial charge in [-0.1, -0.05) is 20.8 Å². The first-order valence-corrected chi connectivity index (χ1v) is 13.8. The molecule has 11 heteroatoms. The third kappa shape index (κ3) is 6.50. The van der Waals surface area contributed by atoms with Crippen molar-refractivity contribution >= 4 is 11.8 Å². The zero-order chi connectivity index (χ0) is 28.7. The number of carbonyl (C=O) groups excluding carboxylic acids is 2. The Morgan fingerprint density at radius 2 is 1.68 bits per heavy atom. The third-order valence-electron chi connectivity index (χ3n) is 8.63. The van der Waals surface area contributed by atoms with E-state index >= 15 is 0 Å². The van der Waals surface area contributed by atoms with Crippen molar-refractivity contribution < 1.29 is 38.8 Å². The van der Waals surface area contributed by atoms with E-state index < -0.39 is 60.2 Å². The van der Waals surface area contributed by atoms with Crippen molar-refractivity contribution in [1.29, 1.82) is 0 Å². The van der Waals surface area contributed by atoms with E-state index in [2.05, 4.69) is 0 Å². The van der Waals surface area contributed by atoms with E-state index in [1.165, 1.54) is 9.80 Å². The van der Waals surface area contributed by atoms with Crippen molar-refractivity contribution in [1.82, 2.24) is 14.7 Å². The van der Waals surface area contributed by atoms with Crippen molar-refractivity contribution in [3.63, 3.8) is 0 Å². The summed E-state index contributed by atoms with van der Waals surface area (Å²) in [6, 6.07) is -1.16. The number of aliphatic hydroxyl groups is 3. The molecular weight excluding hydrogens is 497 g/mol. The summed E-state index contributed by atoms with van der Waals surface area (Å²) < 4.78 is 26.7. The number of hydrogen-bond acceptors (Lipinski definition) is 8. The Balaban J connectivity index is 1.97. The number of hydrogen-bond donors (Lipinski definition) is 3. The molecule has 0 aliphatic carbocycles. The summed E-state index contributed by atoms with van der Waals surface area (Å²) in [5, 5.41) is 34.2.